The Morgan fingerprint density at radius 3 is 2.55 bits per heavy atom. The standard InChI is InChI=1S/C14H8F3N3O2/c15-14(16,17)11-6-2-1-5-10(11)12-19-22-13(21)20(12)9-4-3-7-18-8-9/h1-8H. The monoisotopic (exact) mass is 307 g/mol. The van der Waals surface area contributed by atoms with Gasteiger partial charge in [-0.3, -0.25) is 9.51 Å². The summed E-state index contributed by atoms with van der Waals surface area (Å²) in [5, 5.41) is 3.48. The van der Waals surface area contributed by atoms with E-state index in [1.807, 2.05) is 0 Å². The lowest BCUT2D eigenvalue weighted by atomic mass is 10.1. The number of halogens is 3. The van der Waals surface area contributed by atoms with Crippen molar-refractivity contribution >= 4 is 0 Å². The van der Waals surface area contributed by atoms with Gasteiger partial charge in [-0.05, 0) is 18.2 Å². The summed E-state index contributed by atoms with van der Waals surface area (Å²) in [5.74, 6) is -1.12. The van der Waals surface area contributed by atoms with E-state index in [1.54, 1.807) is 6.07 Å². The minimum Gasteiger partial charge on any atom is -0.295 e. The van der Waals surface area contributed by atoms with Crippen LogP contribution < -0.4 is 5.76 Å². The first-order valence-corrected chi connectivity index (χ1v) is 6.14. The molecule has 0 N–H and O–H groups in total. The van der Waals surface area contributed by atoms with Crippen LogP contribution >= 0.6 is 0 Å². The number of pyridine rings is 1. The summed E-state index contributed by atoms with van der Waals surface area (Å²) in [6.45, 7) is 0. The molecule has 3 rings (SSSR count). The van der Waals surface area contributed by atoms with Gasteiger partial charge < -0.3 is 0 Å². The topological polar surface area (TPSA) is 60.9 Å². The Morgan fingerprint density at radius 2 is 1.86 bits per heavy atom. The maximum Gasteiger partial charge on any atom is 0.446 e. The minimum absolute atomic E-state index is 0.231. The molecule has 112 valence electrons. The van der Waals surface area contributed by atoms with Crippen LogP contribution in [0.2, 0.25) is 0 Å². The van der Waals surface area contributed by atoms with Crippen LogP contribution in [0.25, 0.3) is 17.1 Å². The Bertz CT molecular complexity index is 854. The van der Waals surface area contributed by atoms with Crippen LogP contribution in [0.15, 0.2) is 58.1 Å². The van der Waals surface area contributed by atoms with Crippen molar-refractivity contribution in [3.05, 3.63) is 64.9 Å². The highest BCUT2D eigenvalue weighted by atomic mass is 19.4. The largest absolute Gasteiger partial charge is 0.446 e. The van der Waals surface area contributed by atoms with Crippen molar-refractivity contribution in [2.75, 3.05) is 0 Å². The molecule has 0 saturated heterocycles. The summed E-state index contributed by atoms with van der Waals surface area (Å²) in [7, 11) is 0. The van der Waals surface area contributed by atoms with E-state index >= 15 is 0 Å². The first kappa shape index (κ1) is 14.1. The Kier molecular flexibility index (Phi) is 3.28. The van der Waals surface area contributed by atoms with Crippen molar-refractivity contribution in [2.24, 2.45) is 0 Å². The molecule has 0 atom stereocenters. The minimum atomic E-state index is -4.58. The van der Waals surface area contributed by atoms with Crippen molar-refractivity contribution in [3.63, 3.8) is 0 Å². The van der Waals surface area contributed by atoms with E-state index < -0.39 is 17.5 Å². The number of nitrogens with zero attached hydrogens (tertiary/aromatic N) is 3. The average Bonchev–Trinajstić information content (AvgIpc) is 2.89. The van der Waals surface area contributed by atoms with E-state index in [2.05, 4.69) is 14.7 Å². The lowest BCUT2D eigenvalue weighted by Gasteiger charge is -2.12. The maximum atomic E-state index is 13.1. The van der Waals surface area contributed by atoms with Crippen LogP contribution in [-0.4, -0.2) is 14.7 Å². The highest BCUT2D eigenvalue weighted by Gasteiger charge is 2.35. The molecule has 0 aliphatic rings. The second kappa shape index (κ2) is 5.14. The zero-order valence-corrected chi connectivity index (χ0v) is 10.9. The summed E-state index contributed by atoms with van der Waals surface area (Å²) in [4.78, 5) is 15.6. The fourth-order valence-electron chi connectivity index (χ4n) is 2.06. The first-order chi connectivity index (χ1) is 10.5. The van der Waals surface area contributed by atoms with Crippen LogP contribution in [0.5, 0.6) is 0 Å². The molecule has 2 heterocycles. The van der Waals surface area contributed by atoms with Gasteiger partial charge in [-0.1, -0.05) is 23.4 Å². The molecule has 22 heavy (non-hydrogen) atoms. The third-order valence-electron chi connectivity index (χ3n) is 2.98. The molecule has 0 spiro atoms. The van der Waals surface area contributed by atoms with Crippen molar-refractivity contribution in [1.29, 1.82) is 0 Å². The molecule has 2 aromatic heterocycles. The molecule has 0 radical (unpaired) electrons. The molecule has 1 aromatic carbocycles. The number of hydrogen-bond acceptors (Lipinski definition) is 4. The zero-order valence-electron chi connectivity index (χ0n) is 10.9. The number of hydrogen-bond donors (Lipinski definition) is 0. The second-order valence-electron chi connectivity index (χ2n) is 4.36. The van der Waals surface area contributed by atoms with Gasteiger partial charge in [-0.2, -0.15) is 13.2 Å². The van der Waals surface area contributed by atoms with Crippen molar-refractivity contribution in [1.82, 2.24) is 14.7 Å². The van der Waals surface area contributed by atoms with Gasteiger partial charge in [0.05, 0.1) is 17.4 Å². The Hall–Kier alpha value is -2.90. The zero-order chi connectivity index (χ0) is 15.7. The van der Waals surface area contributed by atoms with E-state index in [0.717, 1.165) is 10.6 Å². The molecule has 0 aliphatic heterocycles. The number of alkyl halides is 3. The van der Waals surface area contributed by atoms with Crippen LogP contribution in [0.4, 0.5) is 13.2 Å². The molecule has 8 heteroatoms. The van der Waals surface area contributed by atoms with E-state index in [1.165, 1.54) is 36.7 Å². The molecule has 0 aliphatic carbocycles. The first-order valence-electron chi connectivity index (χ1n) is 6.14. The van der Waals surface area contributed by atoms with Crippen LogP contribution in [0.1, 0.15) is 5.56 Å². The fourth-order valence-corrected chi connectivity index (χ4v) is 2.06. The highest BCUT2D eigenvalue weighted by molar-refractivity contribution is 5.63. The molecule has 0 unspecified atom stereocenters. The summed E-state index contributed by atoms with van der Waals surface area (Å²) in [5.41, 5.74) is -0.883. The molecule has 0 amide bonds. The molecule has 0 fully saturated rings. The van der Waals surface area contributed by atoms with Gasteiger partial charge in [0.1, 0.15) is 0 Å². The van der Waals surface area contributed by atoms with Gasteiger partial charge in [0.15, 0.2) is 5.82 Å². The summed E-state index contributed by atoms with van der Waals surface area (Å²) >= 11 is 0. The van der Waals surface area contributed by atoms with Gasteiger partial charge in [-0.25, -0.2) is 9.36 Å². The van der Waals surface area contributed by atoms with Crippen LogP contribution in [-0.2, 0) is 6.18 Å². The summed E-state index contributed by atoms with van der Waals surface area (Å²) < 4.78 is 44.8. The van der Waals surface area contributed by atoms with Gasteiger partial charge in [0.25, 0.3) is 0 Å². The predicted molar refractivity (Wildman–Crippen MR) is 70.3 cm³/mol. The lowest BCUT2D eigenvalue weighted by Crippen LogP contribution is -2.15. The van der Waals surface area contributed by atoms with Gasteiger partial charge >= 0.3 is 11.9 Å². The third-order valence-corrected chi connectivity index (χ3v) is 2.98. The van der Waals surface area contributed by atoms with Crippen molar-refractivity contribution in [3.8, 4) is 17.1 Å². The molecule has 0 bridgehead atoms. The molecular formula is C14H8F3N3O2. The number of benzene rings is 1. The fraction of sp³-hybridized carbons (Fsp3) is 0.0714. The van der Waals surface area contributed by atoms with E-state index in [-0.39, 0.29) is 17.1 Å². The van der Waals surface area contributed by atoms with E-state index in [9.17, 15) is 18.0 Å². The predicted octanol–water partition coefficient (Wildman–Crippen LogP) is 2.91. The van der Waals surface area contributed by atoms with Gasteiger partial charge in [-0.15, -0.1) is 0 Å². The molecule has 3 aromatic rings. The van der Waals surface area contributed by atoms with Gasteiger partial charge in [0.2, 0.25) is 0 Å². The Morgan fingerprint density at radius 1 is 1.09 bits per heavy atom. The maximum absolute atomic E-state index is 13.1. The Balaban J connectivity index is 2.27. The third kappa shape index (κ3) is 2.39. The second-order valence-corrected chi connectivity index (χ2v) is 4.36. The van der Waals surface area contributed by atoms with Gasteiger partial charge in [0, 0.05) is 11.8 Å². The number of aromatic nitrogens is 3. The van der Waals surface area contributed by atoms with E-state index in [4.69, 9.17) is 0 Å². The number of rotatable bonds is 2. The summed E-state index contributed by atoms with van der Waals surface area (Å²) in [6.07, 6.45) is -1.77. The molecule has 0 saturated carbocycles. The normalized spacial score (nSPS) is 11.6. The van der Waals surface area contributed by atoms with Crippen molar-refractivity contribution in [2.45, 2.75) is 6.18 Å². The quantitative estimate of drug-likeness (QED) is 0.730. The van der Waals surface area contributed by atoms with E-state index in [0.29, 0.717) is 0 Å². The molecule has 5 nitrogen and oxygen atoms in total. The molecular weight excluding hydrogens is 299 g/mol. The van der Waals surface area contributed by atoms with Crippen LogP contribution in [0, 0.1) is 0 Å². The smallest absolute Gasteiger partial charge is 0.295 e. The highest BCUT2D eigenvalue weighted by Crippen LogP contribution is 2.36. The SMILES string of the molecule is O=c1onc(-c2ccccc2C(F)(F)F)n1-c1cccnc1. The van der Waals surface area contributed by atoms with Crippen LogP contribution in [0.3, 0.4) is 0 Å². The average molecular weight is 307 g/mol. The Labute approximate surface area is 121 Å². The van der Waals surface area contributed by atoms with Crippen molar-refractivity contribution < 1.29 is 17.7 Å². The lowest BCUT2D eigenvalue weighted by molar-refractivity contribution is -0.137. The summed E-state index contributed by atoms with van der Waals surface area (Å²) in [6, 6.07) is 7.91.